The molecule has 0 aliphatic carbocycles. The summed E-state index contributed by atoms with van der Waals surface area (Å²) in [4.78, 5) is 11.9. The second-order valence-corrected chi connectivity index (χ2v) is 5.27. The molecule has 1 heterocycles. The van der Waals surface area contributed by atoms with E-state index in [2.05, 4.69) is 15.4 Å². The molecule has 2 N–H and O–H groups in total. The second kappa shape index (κ2) is 8.98. The maximum Gasteiger partial charge on any atom is 0.422 e. The molecular weight excluding hydrogens is 333 g/mol. The van der Waals surface area contributed by atoms with Gasteiger partial charge in [-0.25, -0.2) is 0 Å². The Morgan fingerprint density at radius 1 is 1.26 bits per heavy atom. The third-order valence-electron chi connectivity index (χ3n) is 3.42. The van der Waals surface area contributed by atoms with Crippen LogP contribution in [0.25, 0.3) is 0 Å². The third kappa shape index (κ3) is 7.09. The molecule has 1 saturated heterocycles. The van der Waals surface area contributed by atoms with E-state index in [1.165, 1.54) is 12.1 Å². The van der Waals surface area contributed by atoms with Gasteiger partial charge < -0.3 is 15.4 Å². The van der Waals surface area contributed by atoms with Crippen LogP contribution < -0.4 is 15.4 Å². The first-order chi connectivity index (χ1) is 10.4. The van der Waals surface area contributed by atoms with Crippen molar-refractivity contribution >= 4 is 18.3 Å². The minimum Gasteiger partial charge on any atom is -0.484 e. The van der Waals surface area contributed by atoms with Gasteiger partial charge in [-0.15, -0.1) is 12.4 Å². The van der Waals surface area contributed by atoms with Crippen LogP contribution in [0.5, 0.6) is 5.75 Å². The summed E-state index contributed by atoms with van der Waals surface area (Å²) in [6, 6.07) is 6.06. The molecule has 0 spiro atoms. The predicted octanol–water partition coefficient (Wildman–Crippen LogP) is 2.81. The van der Waals surface area contributed by atoms with Crippen LogP contribution in [0.3, 0.4) is 0 Å². The van der Waals surface area contributed by atoms with Gasteiger partial charge in [0.1, 0.15) is 5.75 Å². The smallest absolute Gasteiger partial charge is 0.422 e. The van der Waals surface area contributed by atoms with Gasteiger partial charge in [0.15, 0.2) is 6.61 Å². The number of rotatable bonds is 5. The topological polar surface area (TPSA) is 50.4 Å². The quantitative estimate of drug-likeness (QED) is 0.856. The van der Waals surface area contributed by atoms with E-state index >= 15 is 0 Å². The Morgan fingerprint density at radius 3 is 2.52 bits per heavy atom. The molecule has 2 rings (SSSR count). The molecule has 1 fully saturated rings. The van der Waals surface area contributed by atoms with E-state index in [1.807, 2.05) is 0 Å². The van der Waals surface area contributed by atoms with Crippen molar-refractivity contribution < 1.29 is 22.7 Å². The van der Waals surface area contributed by atoms with Gasteiger partial charge in [-0.3, -0.25) is 4.79 Å². The largest absolute Gasteiger partial charge is 0.484 e. The van der Waals surface area contributed by atoms with Crippen LogP contribution in [0.15, 0.2) is 24.3 Å². The number of carbonyl (C=O) groups excluding carboxylic acids is 1. The van der Waals surface area contributed by atoms with Gasteiger partial charge in [-0.05, 0) is 37.1 Å². The molecule has 8 heteroatoms. The van der Waals surface area contributed by atoms with E-state index in [9.17, 15) is 18.0 Å². The SMILES string of the molecule is Cl.O=C(NCc1ccc(OCC(F)(F)F)cc1)[C@H]1CCCCN1. The number of ether oxygens (including phenoxy) is 1. The molecule has 0 radical (unpaired) electrons. The number of piperidine rings is 1. The molecule has 1 aromatic carbocycles. The lowest BCUT2D eigenvalue weighted by Gasteiger charge is -2.22. The highest BCUT2D eigenvalue weighted by molar-refractivity contribution is 5.85. The van der Waals surface area contributed by atoms with Crippen molar-refractivity contribution in [1.82, 2.24) is 10.6 Å². The Balaban J connectivity index is 0.00000264. The summed E-state index contributed by atoms with van der Waals surface area (Å²) in [6.45, 7) is -0.115. The van der Waals surface area contributed by atoms with Crippen LogP contribution in [0.1, 0.15) is 24.8 Å². The third-order valence-corrected chi connectivity index (χ3v) is 3.42. The summed E-state index contributed by atoms with van der Waals surface area (Å²) < 4.78 is 40.7. The van der Waals surface area contributed by atoms with Crippen molar-refractivity contribution in [3.63, 3.8) is 0 Å². The molecule has 4 nitrogen and oxygen atoms in total. The van der Waals surface area contributed by atoms with Crippen LogP contribution in [0, 0.1) is 0 Å². The number of amides is 1. The average molecular weight is 353 g/mol. The maximum absolute atomic E-state index is 12.0. The van der Waals surface area contributed by atoms with Crippen LogP contribution >= 0.6 is 12.4 Å². The Labute approximate surface area is 139 Å². The summed E-state index contributed by atoms with van der Waals surface area (Å²) in [5.74, 6) is 0.110. The summed E-state index contributed by atoms with van der Waals surface area (Å²) in [6.07, 6.45) is -1.39. The van der Waals surface area contributed by atoms with Crippen molar-refractivity contribution in [3.05, 3.63) is 29.8 Å². The molecule has 23 heavy (non-hydrogen) atoms. The van der Waals surface area contributed by atoms with Crippen LogP contribution in [-0.2, 0) is 11.3 Å². The molecule has 1 atom stereocenters. The Hall–Kier alpha value is -1.47. The van der Waals surface area contributed by atoms with Crippen molar-refractivity contribution in [2.75, 3.05) is 13.2 Å². The molecular formula is C15H20ClF3N2O2. The molecule has 0 aromatic heterocycles. The normalized spacial score (nSPS) is 18.0. The molecule has 0 saturated carbocycles. The highest BCUT2D eigenvalue weighted by Gasteiger charge is 2.28. The summed E-state index contributed by atoms with van der Waals surface area (Å²) >= 11 is 0. The first kappa shape index (κ1) is 19.6. The van der Waals surface area contributed by atoms with E-state index in [0.29, 0.717) is 6.54 Å². The molecule has 0 unspecified atom stereocenters. The Kier molecular flexibility index (Phi) is 7.64. The molecule has 1 aromatic rings. The van der Waals surface area contributed by atoms with Crippen LogP contribution in [0.4, 0.5) is 13.2 Å². The fourth-order valence-electron chi connectivity index (χ4n) is 2.26. The van der Waals surface area contributed by atoms with E-state index < -0.39 is 12.8 Å². The van der Waals surface area contributed by atoms with Crippen molar-refractivity contribution in [1.29, 1.82) is 0 Å². The zero-order valence-corrected chi connectivity index (χ0v) is 13.3. The molecule has 130 valence electrons. The highest BCUT2D eigenvalue weighted by atomic mass is 35.5. The Bertz CT molecular complexity index is 488. The minimum absolute atomic E-state index is 0. The lowest BCUT2D eigenvalue weighted by molar-refractivity contribution is -0.153. The lowest BCUT2D eigenvalue weighted by Crippen LogP contribution is -2.46. The van der Waals surface area contributed by atoms with Gasteiger partial charge in [0.25, 0.3) is 0 Å². The number of alkyl halides is 3. The zero-order valence-electron chi connectivity index (χ0n) is 12.5. The number of carbonyl (C=O) groups is 1. The number of hydrogen-bond acceptors (Lipinski definition) is 3. The van der Waals surface area contributed by atoms with Crippen molar-refractivity contribution in [2.45, 2.75) is 38.0 Å². The molecule has 1 aliphatic heterocycles. The standard InChI is InChI=1S/C15H19F3N2O2.ClH/c16-15(17,18)10-22-12-6-4-11(5-7-12)9-20-14(21)13-3-1-2-8-19-13;/h4-7,13,19H,1-3,8-10H2,(H,20,21);1H/t13-;/m1./s1. The van der Waals surface area contributed by atoms with E-state index in [0.717, 1.165) is 31.4 Å². The average Bonchev–Trinajstić information content (AvgIpc) is 2.52. The first-order valence-corrected chi connectivity index (χ1v) is 7.24. The highest BCUT2D eigenvalue weighted by Crippen LogP contribution is 2.18. The number of benzene rings is 1. The molecule has 1 aliphatic rings. The fraction of sp³-hybridized carbons (Fsp3) is 0.533. The first-order valence-electron chi connectivity index (χ1n) is 7.24. The number of nitrogens with one attached hydrogen (secondary N) is 2. The summed E-state index contributed by atoms with van der Waals surface area (Å²) in [7, 11) is 0. The van der Waals surface area contributed by atoms with Crippen LogP contribution in [0.2, 0.25) is 0 Å². The van der Waals surface area contributed by atoms with Gasteiger partial charge in [0.2, 0.25) is 5.91 Å². The van der Waals surface area contributed by atoms with Gasteiger partial charge in [0.05, 0.1) is 6.04 Å². The van der Waals surface area contributed by atoms with Crippen LogP contribution in [-0.4, -0.2) is 31.3 Å². The molecule has 0 bridgehead atoms. The number of halogens is 4. The lowest BCUT2D eigenvalue weighted by atomic mass is 10.0. The Morgan fingerprint density at radius 2 is 1.96 bits per heavy atom. The van der Waals surface area contributed by atoms with Gasteiger partial charge in [0, 0.05) is 6.54 Å². The minimum atomic E-state index is -4.35. The summed E-state index contributed by atoms with van der Waals surface area (Å²) in [5, 5.41) is 5.98. The van der Waals surface area contributed by atoms with Gasteiger partial charge in [-0.2, -0.15) is 13.2 Å². The second-order valence-electron chi connectivity index (χ2n) is 5.27. The number of hydrogen-bond donors (Lipinski definition) is 2. The van der Waals surface area contributed by atoms with Gasteiger partial charge in [-0.1, -0.05) is 18.6 Å². The van der Waals surface area contributed by atoms with Crippen molar-refractivity contribution in [3.8, 4) is 5.75 Å². The monoisotopic (exact) mass is 352 g/mol. The fourth-order valence-corrected chi connectivity index (χ4v) is 2.26. The predicted molar refractivity (Wildman–Crippen MR) is 82.7 cm³/mol. The van der Waals surface area contributed by atoms with E-state index in [1.54, 1.807) is 12.1 Å². The zero-order chi connectivity index (χ0) is 16.0. The summed E-state index contributed by atoms with van der Waals surface area (Å²) in [5.41, 5.74) is 0.809. The van der Waals surface area contributed by atoms with E-state index in [-0.39, 0.29) is 30.1 Å². The van der Waals surface area contributed by atoms with Crippen molar-refractivity contribution in [2.24, 2.45) is 0 Å². The van der Waals surface area contributed by atoms with Gasteiger partial charge >= 0.3 is 6.18 Å². The maximum atomic E-state index is 12.0. The van der Waals surface area contributed by atoms with E-state index in [4.69, 9.17) is 0 Å². The molecule has 1 amide bonds.